The van der Waals surface area contributed by atoms with Gasteiger partial charge in [-0.2, -0.15) is 0 Å². The van der Waals surface area contributed by atoms with Crippen molar-refractivity contribution in [2.45, 2.75) is 13.8 Å². The molecule has 0 bridgehead atoms. The Hall–Kier alpha value is -1.10. The number of hydrogen-bond acceptors (Lipinski definition) is 2. The third-order valence-corrected chi connectivity index (χ3v) is 3.18. The Bertz CT molecular complexity index is 526. The molecule has 0 saturated heterocycles. The van der Waals surface area contributed by atoms with E-state index in [4.69, 9.17) is 0 Å². The lowest BCUT2D eigenvalue weighted by Gasteiger charge is -2.01. The summed E-state index contributed by atoms with van der Waals surface area (Å²) >= 11 is 3.41. The van der Waals surface area contributed by atoms with Crippen molar-refractivity contribution in [2.75, 3.05) is 0 Å². The summed E-state index contributed by atoms with van der Waals surface area (Å²) in [7, 11) is 0. The van der Waals surface area contributed by atoms with E-state index < -0.39 is 0 Å². The number of nitrogens with zero attached hydrogens (tertiary/aromatic N) is 1. The van der Waals surface area contributed by atoms with Gasteiger partial charge in [0.2, 0.25) is 0 Å². The number of aromatic amines is 2. The van der Waals surface area contributed by atoms with Gasteiger partial charge in [-0.3, -0.25) is 4.98 Å². The van der Waals surface area contributed by atoms with E-state index in [2.05, 4.69) is 30.9 Å². The lowest BCUT2D eigenvalue weighted by atomic mass is 10.2. The van der Waals surface area contributed by atoms with E-state index in [0.717, 1.165) is 21.2 Å². The number of H-pyrrole nitrogens is 2. The van der Waals surface area contributed by atoms with Gasteiger partial charge in [-0.15, -0.1) is 0 Å². The number of rotatable bonds is 0. The smallest absolute Gasteiger partial charge is 0.304 e. The molecule has 2 rings (SSSR count). The average molecular weight is 242 g/mol. The summed E-state index contributed by atoms with van der Waals surface area (Å²) < 4.78 is 0.940. The van der Waals surface area contributed by atoms with Gasteiger partial charge < -0.3 is 4.98 Å². The molecule has 0 atom stereocenters. The minimum atomic E-state index is -0.219. The fraction of sp³-hybridized carbons (Fsp3) is 0.250. The van der Waals surface area contributed by atoms with Gasteiger partial charge in [-0.1, -0.05) is 0 Å². The van der Waals surface area contributed by atoms with Crippen LogP contribution in [-0.4, -0.2) is 15.0 Å². The van der Waals surface area contributed by atoms with Crippen LogP contribution >= 0.6 is 15.9 Å². The highest BCUT2D eigenvalue weighted by Crippen LogP contribution is 2.23. The molecular weight excluding hydrogens is 234 g/mol. The third-order valence-electron chi connectivity index (χ3n) is 2.01. The van der Waals surface area contributed by atoms with Crippen LogP contribution in [0.25, 0.3) is 11.2 Å². The predicted molar refractivity (Wildman–Crippen MR) is 53.9 cm³/mol. The van der Waals surface area contributed by atoms with Gasteiger partial charge in [0.25, 0.3) is 0 Å². The Balaban J connectivity index is 3.00. The van der Waals surface area contributed by atoms with Crippen LogP contribution in [0.15, 0.2) is 9.27 Å². The Kier molecular flexibility index (Phi) is 1.76. The van der Waals surface area contributed by atoms with Crippen LogP contribution in [0, 0.1) is 13.8 Å². The van der Waals surface area contributed by atoms with Crippen LogP contribution in [0.4, 0.5) is 0 Å². The highest BCUT2D eigenvalue weighted by atomic mass is 79.9. The summed E-state index contributed by atoms with van der Waals surface area (Å²) in [5.74, 6) is 0. The van der Waals surface area contributed by atoms with E-state index in [1.165, 1.54) is 0 Å². The summed E-state index contributed by atoms with van der Waals surface area (Å²) in [5.41, 5.74) is 3.04. The Morgan fingerprint density at radius 1 is 1.31 bits per heavy atom. The third kappa shape index (κ3) is 1.19. The first-order valence-corrected chi connectivity index (χ1v) is 4.63. The number of halogens is 1. The van der Waals surface area contributed by atoms with Crippen LogP contribution < -0.4 is 5.69 Å². The molecule has 0 amide bonds. The van der Waals surface area contributed by atoms with E-state index >= 15 is 0 Å². The zero-order valence-electron chi connectivity index (χ0n) is 7.23. The highest BCUT2D eigenvalue weighted by Gasteiger charge is 2.08. The number of aromatic nitrogens is 3. The normalized spacial score (nSPS) is 11.0. The van der Waals surface area contributed by atoms with Gasteiger partial charge in [0.15, 0.2) is 5.65 Å². The number of fused-ring (bicyclic) bond motifs is 1. The average Bonchev–Trinajstić information content (AvgIpc) is 2.42. The summed E-state index contributed by atoms with van der Waals surface area (Å²) in [6, 6.07) is 0. The Morgan fingerprint density at radius 2 is 2.00 bits per heavy atom. The highest BCUT2D eigenvalue weighted by molar-refractivity contribution is 9.10. The number of hydrogen-bond donors (Lipinski definition) is 2. The minimum Gasteiger partial charge on any atom is -0.304 e. The maximum absolute atomic E-state index is 11.0. The molecule has 2 N–H and O–H groups in total. The van der Waals surface area contributed by atoms with Crippen molar-refractivity contribution in [3.63, 3.8) is 0 Å². The van der Waals surface area contributed by atoms with Crippen LogP contribution in [0.2, 0.25) is 0 Å². The summed E-state index contributed by atoms with van der Waals surface area (Å²) in [5, 5.41) is 0. The lowest BCUT2D eigenvalue weighted by Crippen LogP contribution is -1.99. The van der Waals surface area contributed by atoms with Crippen molar-refractivity contribution in [1.29, 1.82) is 0 Å². The van der Waals surface area contributed by atoms with Crippen molar-refractivity contribution in [3.8, 4) is 0 Å². The molecule has 5 heteroatoms. The molecular formula is C8H8BrN3O. The molecule has 0 radical (unpaired) electrons. The van der Waals surface area contributed by atoms with E-state index in [1.54, 1.807) is 0 Å². The quantitative estimate of drug-likeness (QED) is 0.737. The molecule has 0 aliphatic rings. The molecule has 68 valence electrons. The van der Waals surface area contributed by atoms with Gasteiger partial charge in [0.05, 0.1) is 11.2 Å². The zero-order valence-corrected chi connectivity index (χ0v) is 8.82. The van der Waals surface area contributed by atoms with Crippen LogP contribution in [0.1, 0.15) is 11.3 Å². The van der Waals surface area contributed by atoms with Crippen molar-refractivity contribution in [3.05, 3.63) is 26.2 Å². The van der Waals surface area contributed by atoms with E-state index in [0.29, 0.717) is 5.65 Å². The summed E-state index contributed by atoms with van der Waals surface area (Å²) in [4.78, 5) is 20.5. The minimum absolute atomic E-state index is 0.219. The second-order valence-corrected chi connectivity index (χ2v) is 3.73. The van der Waals surface area contributed by atoms with E-state index in [9.17, 15) is 4.79 Å². The SMILES string of the molecule is Cc1nc2[nH]c(=O)[nH]c2c(C)c1Br. The summed E-state index contributed by atoms with van der Waals surface area (Å²) in [6.07, 6.45) is 0. The largest absolute Gasteiger partial charge is 0.325 e. The fourth-order valence-corrected chi connectivity index (χ4v) is 1.61. The maximum atomic E-state index is 11.0. The number of aryl methyl sites for hydroxylation is 2. The molecule has 0 aromatic carbocycles. The van der Waals surface area contributed by atoms with Crippen molar-refractivity contribution in [1.82, 2.24) is 15.0 Å². The van der Waals surface area contributed by atoms with Gasteiger partial charge in [0.1, 0.15) is 0 Å². The second kappa shape index (κ2) is 2.70. The fourth-order valence-electron chi connectivity index (χ4n) is 1.33. The van der Waals surface area contributed by atoms with Crippen LogP contribution in [0.3, 0.4) is 0 Å². The number of nitrogens with one attached hydrogen (secondary N) is 2. The standard InChI is InChI=1S/C8H8BrN3O/c1-3-5(9)4(2)10-7-6(3)11-8(13)12-7/h1-2H3,(H2,10,11,12,13). The number of imidazole rings is 1. The molecule has 0 spiro atoms. The maximum Gasteiger partial charge on any atom is 0.325 e. The summed E-state index contributed by atoms with van der Waals surface area (Å²) in [6.45, 7) is 3.83. The first-order chi connectivity index (χ1) is 6.09. The Labute approximate surface area is 82.5 Å². The molecule has 0 aliphatic carbocycles. The topological polar surface area (TPSA) is 61.5 Å². The molecule has 13 heavy (non-hydrogen) atoms. The van der Waals surface area contributed by atoms with Gasteiger partial charge in [-0.25, -0.2) is 9.78 Å². The van der Waals surface area contributed by atoms with Crippen molar-refractivity contribution >= 4 is 27.1 Å². The first kappa shape index (κ1) is 8.50. The molecule has 2 heterocycles. The molecule has 0 aliphatic heterocycles. The van der Waals surface area contributed by atoms with Gasteiger partial charge in [-0.05, 0) is 35.3 Å². The Morgan fingerprint density at radius 3 is 2.69 bits per heavy atom. The lowest BCUT2D eigenvalue weighted by molar-refractivity contribution is 1.17. The molecule has 2 aromatic heterocycles. The van der Waals surface area contributed by atoms with Gasteiger partial charge in [0, 0.05) is 4.47 Å². The first-order valence-electron chi connectivity index (χ1n) is 3.84. The molecule has 0 unspecified atom stereocenters. The van der Waals surface area contributed by atoms with Crippen LogP contribution in [0.5, 0.6) is 0 Å². The molecule has 0 saturated carbocycles. The second-order valence-electron chi connectivity index (χ2n) is 2.94. The number of pyridine rings is 1. The molecule has 4 nitrogen and oxygen atoms in total. The van der Waals surface area contributed by atoms with Crippen LogP contribution in [-0.2, 0) is 0 Å². The van der Waals surface area contributed by atoms with E-state index in [-0.39, 0.29) is 5.69 Å². The van der Waals surface area contributed by atoms with Crippen molar-refractivity contribution in [2.24, 2.45) is 0 Å². The van der Waals surface area contributed by atoms with E-state index in [1.807, 2.05) is 13.8 Å². The van der Waals surface area contributed by atoms with Gasteiger partial charge >= 0.3 is 5.69 Å². The van der Waals surface area contributed by atoms with Crippen molar-refractivity contribution < 1.29 is 0 Å². The molecule has 0 fully saturated rings. The molecule has 2 aromatic rings. The predicted octanol–water partition coefficient (Wildman–Crippen LogP) is 1.63. The zero-order chi connectivity index (χ0) is 9.59. The monoisotopic (exact) mass is 241 g/mol.